The molecule has 4 aromatic rings. The molecule has 3 heterocycles. The Hall–Kier alpha value is -3.07. The normalized spacial score (nSPS) is 12.6. The molecule has 0 N–H and O–H groups in total. The van der Waals surface area contributed by atoms with E-state index in [1.54, 1.807) is 31.2 Å². The van der Waals surface area contributed by atoms with Crippen molar-refractivity contribution in [3.8, 4) is 10.8 Å². The summed E-state index contributed by atoms with van der Waals surface area (Å²) < 4.78 is 38.9. The van der Waals surface area contributed by atoms with Crippen molar-refractivity contribution in [2.45, 2.75) is 26.5 Å². The first kappa shape index (κ1) is 18.3. The Bertz CT molecular complexity index is 1130. The van der Waals surface area contributed by atoms with Crippen molar-refractivity contribution in [1.29, 1.82) is 0 Å². The number of imidazole rings is 1. The van der Waals surface area contributed by atoms with Crippen LogP contribution in [0.15, 0.2) is 46.2 Å². The molecule has 4 rings (SSSR count). The van der Waals surface area contributed by atoms with Gasteiger partial charge in [0.05, 0.1) is 15.9 Å². The molecule has 6 nitrogen and oxygen atoms in total. The molecule has 0 aliphatic rings. The molecule has 0 amide bonds. The van der Waals surface area contributed by atoms with Crippen LogP contribution < -0.4 is 0 Å². The second-order valence-electron chi connectivity index (χ2n) is 6.06. The van der Waals surface area contributed by atoms with E-state index in [2.05, 4.69) is 9.97 Å². The van der Waals surface area contributed by atoms with Crippen molar-refractivity contribution in [3.05, 3.63) is 59.1 Å². The largest absolute Gasteiger partial charge is 0.450 e. The van der Waals surface area contributed by atoms with Crippen molar-refractivity contribution < 1.29 is 22.7 Å². The van der Waals surface area contributed by atoms with Crippen molar-refractivity contribution >= 4 is 28.3 Å². The van der Waals surface area contributed by atoms with Gasteiger partial charge in [-0.3, -0.25) is 4.57 Å². The number of benzene rings is 1. The van der Waals surface area contributed by atoms with E-state index >= 15 is 0 Å². The number of esters is 1. The molecule has 9 heteroatoms. The van der Waals surface area contributed by atoms with Crippen molar-refractivity contribution in [2.24, 2.45) is 0 Å². The number of aryl methyl sites for hydroxylation is 1. The van der Waals surface area contributed by atoms with Crippen LogP contribution in [0.1, 0.15) is 41.7 Å². The van der Waals surface area contributed by atoms with E-state index in [0.29, 0.717) is 17.2 Å². The molecule has 0 radical (unpaired) electrons. The van der Waals surface area contributed by atoms with E-state index in [-0.39, 0.29) is 17.0 Å². The highest BCUT2D eigenvalue weighted by molar-refractivity contribution is 7.13. The third-order valence-corrected chi connectivity index (χ3v) is 5.05. The summed E-state index contributed by atoms with van der Waals surface area (Å²) in [6.07, 6.45) is -1.00. The van der Waals surface area contributed by atoms with Crippen LogP contribution in [-0.4, -0.2) is 20.5 Å². The second kappa shape index (κ2) is 7.16. The topological polar surface area (TPSA) is 70.2 Å². The van der Waals surface area contributed by atoms with E-state index in [1.807, 2.05) is 17.5 Å². The Balaban J connectivity index is 1.62. The summed E-state index contributed by atoms with van der Waals surface area (Å²) in [5.74, 6) is -0.191. The van der Waals surface area contributed by atoms with Crippen LogP contribution >= 0.6 is 11.3 Å². The summed E-state index contributed by atoms with van der Waals surface area (Å²) in [4.78, 5) is 21.7. The molecule has 0 saturated carbocycles. The van der Waals surface area contributed by atoms with Gasteiger partial charge in [-0.25, -0.2) is 14.8 Å². The predicted octanol–water partition coefficient (Wildman–Crippen LogP) is 5.37. The lowest BCUT2D eigenvalue weighted by molar-refractivity contribution is 0.0226. The highest BCUT2D eigenvalue weighted by Gasteiger charge is 2.27. The number of hydrogen-bond acceptors (Lipinski definition) is 6. The number of para-hydroxylation sites is 2. The number of carbonyl (C=O) groups is 1. The smallest absolute Gasteiger partial charge is 0.361 e. The first-order valence-electron chi connectivity index (χ1n) is 8.43. The molecule has 0 spiro atoms. The van der Waals surface area contributed by atoms with Gasteiger partial charge in [-0.2, -0.15) is 8.78 Å². The zero-order chi connectivity index (χ0) is 19.8. The van der Waals surface area contributed by atoms with Crippen LogP contribution in [0.4, 0.5) is 8.78 Å². The van der Waals surface area contributed by atoms with Crippen LogP contribution in [0.5, 0.6) is 0 Å². The summed E-state index contributed by atoms with van der Waals surface area (Å²) in [7, 11) is 0. The Morgan fingerprint density at radius 3 is 2.71 bits per heavy atom. The average Bonchev–Trinajstić information content (AvgIpc) is 3.38. The summed E-state index contributed by atoms with van der Waals surface area (Å²) in [6.45, 7) is 0.274. The minimum absolute atomic E-state index is 0.00922. The number of ether oxygens (including phenoxy) is 1. The molecule has 0 aliphatic heterocycles. The van der Waals surface area contributed by atoms with Gasteiger partial charge in [0.2, 0.25) is 5.89 Å². The van der Waals surface area contributed by atoms with E-state index in [9.17, 15) is 13.6 Å². The maximum Gasteiger partial charge on any atom is 0.361 e. The summed E-state index contributed by atoms with van der Waals surface area (Å²) in [6, 6.07) is 10.2. The highest BCUT2D eigenvalue weighted by atomic mass is 32.1. The van der Waals surface area contributed by atoms with Gasteiger partial charge in [-0.1, -0.05) is 18.2 Å². The molecule has 0 unspecified atom stereocenters. The number of nitrogens with zero attached hydrogens (tertiary/aromatic N) is 3. The Labute approximate surface area is 162 Å². The number of hydrogen-bond donors (Lipinski definition) is 0. The molecule has 0 aliphatic carbocycles. The fraction of sp³-hybridized carbons (Fsp3) is 0.211. The molecular weight excluding hydrogens is 388 g/mol. The molecule has 1 atom stereocenters. The van der Waals surface area contributed by atoms with Gasteiger partial charge in [-0.15, -0.1) is 11.3 Å². The predicted molar refractivity (Wildman–Crippen MR) is 99.4 cm³/mol. The number of aromatic nitrogens is 3. The van der Waals surface area contributed by atoms with Crippen LogP contribution in [-0.2, 0) is 4.74 Å². The molecule has 1 aromatic carbocycles. The first-order chi connectivity index (χ1) is 13.5. The number of fused-ring (bicyclic) bond motifs is 1. The highest BCUT2D eigenvalue weighted by Crippen LogP contribution is 2.30. The fourth-order valence-electron chi connectivity index (χ4n) is 2.92. The van der Waals surface area contributed by atoms with Crippen molar-refractivity contribution in [2.75, 3.05) is 0 Å². The van der Waals surface area contributed by atoms with Gasteiger partial charge < -0.3 is 9.15 Å². The van der Waals surface area contributed by atoms with E-state index in [0.717, 1.165) is 9.44 Å². The number of thiophene rings is 1. The van der Waals surface area contributed by atoms with Crippen molar-refractivity contribution in [3.63, 3.8) is 0 Å². The summed E-state index contributed by atoms with van der Waals surface area (Å²) in [5.41, 5.74) is 0.682. The first-order valence-corrected chi connectivity index (χ1v) is 9.31. The number of rotatable bonds is 5. The molecule has 0 fully saturated rings. The number of halogens is 2. The maximum absolute atomic E-state index is 13.6. The molecule has 0 bridgehead atoms. The zero-order valence-electron chi connectivity index (χ0n) is 14.9. The lowest BCUT2D eigenvalue weighted by Gasteiger charge is -2.14. The second-order valence-corrected chi connectivity index (χ2v) is 7.00. The zero-order valence-corrected chi connectivity index (χ0v) is 15.7. The maximum atomic E-state index is 13.6. The number of carbonyl (C=O) groups excluding carboxylic acids is 1. The molecular formula is C19H15F2N3O3S. The van der Waals surface area contributed by atoms with E-state index < -0.39 is 18.6 Å². The molecule has 3 aromatic heterocycles. The quantitative estimate of drug-likeness (QED) is 0.419. The van der Waals surface area contributed by atoms with E-state index in [1.165, 1.54) is 18.3 Å². The lowest BCUT2D eigenvalue weighted by atomic mass is 10.3. The van der Waals surface area contributed by atoms with Crippen molar-refractivity contribution in [1.82, 2.24) is 14.5 Å². The van der Waals surface area contributed by atoms with E-state index in [4.69, 9.17) is 9.15 Å². The van der Waals surface area contributed by atoms with Gasteiger partial charge in [0, 0.05) is 0 Å². The van der Waals surface area contributed by atoms with Crippen LogP contribution in [0, 0.1) is 6.92 Å². The molecule has 0 saturated heterocycles. The van der Waals surface area contributed by atoms with Gasteiger partial charge >= 0.3 is 12.5 Å². The average molecular weight is 403 g/mol. The standard InChI is InChI=1S/C19H15F2N3O3S/c1-10-15(23-17(26-10)14-8-5-9-28-14)18(25)27-11(2)16-22-12-6-3-4-7-13(12)24(16)19(20)21/h3-9,11,19H,1-2H3/t11-/m1/s1. The molecule has 28 heavy (non-hydrogen) atoms. The summed E-state index contributed by atoms with van der Waals surface area (Å²) >= 11 is 1.42. The minimum Gasteiger partial charge on any atom is -0.450 e. The minimum atomic E-state index is -2.82. The Kier molecular flexibility index (Phi) is 4.68. The SMILES string of the molecule is Cc1oc(-c2cccs2)nc1C(=O)O[C@H](C)c1nc2ccccc2n1C(F)F. The van der Waals surface area contributed by atoms with Crippen LogP contribution in [0.3, 0.4) is 0 Å². The van der Waals surface area contributed by atoms with Gasteiger partial charge in [0.1, 0.15) is 5.76 Å². The monoisotopic (exact) mass is 403 g/mol. The van der Waals surface area contributed by atoms with Crippen LogP contribution in [0.25, 0.3) is 21.8 Å². The summed E-state index contributed by atoms with van der Waals surface area (Å²) in [5, 5.41) is 1.86. The molecule has 144 valence electrons. The van der Waals surface area contributed by atoms with Crippen LogP contribution in [0.2, 0.25) is 0 Å². The fourth-order valence-corrected chi connectivity index (χ4v) is 3.56. The third kappa shape index (κ3) is 3.18. The van der Waals surface area contributed by atoms with Gasteiger partial charge in [-0.05, 0) is 37.4 Å². The number of oxazole rings is 1. The number of alkyl halides is 2. The lowest BCUT2D eigenvalue weighted by Crippen LogP contribution is -2.15. The van der Waals surface area contributed by atoms with Gasteiger partial charge in [0.15, 0.2) is 17.6 Å². The Morgan fingerprint density at radius 1 is 1.21 bits per heavy atom. The van der Waals surface area contributed by atoms with Gasteiger partial charge in [0.25, 0.3) is 0 Å². The third-order valence-electron chi connectivity index (χ3n) is 4.19. The Morgan fingerprint density at radius 2 is 2.00 bits per heavy atom.